The maximum Gasteiger partial charge on any atom is 0.416 e. The summed E-state index contributed by atoms with van der Waals surface area (Å²) in [7, 11) is 0. The molecule has 0 aliphatic heterocycles. The van der Waals surface area contributed by atoms with Crippen molar-refractivity contribution in [3.8, 4) is 11.1 Å². The molecule has 5 nitrogen and oxygen atoms in total. The van der Waals surface area contributed by atoms with Gasteiger partial charge in [0.05, 0.1) is 22.2 Å². The summed E-state index contributed by atoms with van der Waals surface area (Å²) < 4.78 is 38.8. The van der Waals surface area contributed by atoms with E-state index in [9.17, 15) is 22.8 Å². The lowest BCUT2D eigenvalue weighted by atomic mass is 10.0. The van der Waals surface area contributed by atoms with E-state index in [4.69, 9.17) is 5.11 Å². The van der Waals surface area contributed by atoms with Crippen molar-refractivity contribution in [3.05, 3.63) is 53.0 Å². The van der Waals surface area contributed by atoms with Gasteiger partial charge in [-0.3, -0.25) is 9.59 Å². The van der Waals surface area contributed by atoms with E-state index in [-0.39, 0.29) is 6.42 Å². The second kappa shape index (κ2) is 7.36. The number of rotatable bonds is 5. The summed E-state index contributed by atoms with van der Waals surface area (Å²) in [5.41, 5.74) is 1.25. The van der Waals surface area contributed by atoms with Crippen molar-refractivity contribution in [3.63, 3.8) is 0 Å². The van der Waals surface area contributed by atoms with Gasteiger partial charge in [0.2, 0.25) is 5.91 Å². The first-order valence-corrected chi connectivity index (χ1v) is 8.59. The highest BCUT2D eigenvalue weighted by Crippen LogP contribution is 2.32. The molecular weight excluding hydrogens is 381 g/mol. The number of aromatic nitrogens is 1. The van der Waals surface area contributed by atoms with Gasteiger partial charge in [0.15, 0.2) is 0 Å². The molecule has 0 radical (unpaired) electrons. The van der Waals surface area contributed by atoms with Gasteiger partial charge in [0, 0.05) is 0 Å². The molecule has 2 aromatic carbocycles. The van der Waals surface area contributed by atoms with E-state index >= 15 is 0 Å². The van der Waals surface area contributed by atoms with Crippen LogP contribution in [0.15, 0.2) is 42.5 Å². The lowest BCUT2D eigenvalue weighted by molar-refractivity contribution is -0.138. The summed E-state index contributed by atoms with van der Waals surface area (Å²) in [6, 6.07) is 10.2. The first kappa shape index (κ1) is 18.8. The number of aliphatic carboxylic acids is 1. The van der Waals surface area contributed by atoms with Gasteiger partial charge in [-0.25, -0.2) is 4.98 Å². The van der Waals surface area contributed by atoms with E-state index < -0.39 is 30.2 Å². The quantitative estimate of drug-likeness (QED) is 0.691. The van der Waals surface area contributed by atoms with Crippen LogP contribution in [0.1, 0.15) is 10.6 Å². The maximum atomic E-state index is 12.7. The number of carboxylic acids is 1. The highest BCUT2D eigenvalue weighted by atomic mass is 32.1. The largest absolute Gasteiger partial charge is 0.480 e. The third-order valence-corrected chi connectivity index (χ3v) is 4.76. The number of fused-ring (bicyclic) bond motifs is 1. The van der Waals surface area contributed by atoms with Crippen LogP contribution in [0.5, 0.6) is 0 Å². The zero-order valence-electron chi connectivity index (χ0n) is 13.7. The lowest BCUT2D eigenvalue weighted by Gasteiger charge is -2.07. The Balaban J connectivity index is 1.79. The van der Waals surface area contributed by atoms with Crippen molar-refractivity contribution in [2.24, 2.45) is 0 Å². The fourth-order valence-electron chi connectivity index (χ4n) is 2.46. The number of halogens is 3. The average Bonchev–Trinajstić information content (AvgIpc) is 3.00. The highest BCUT2D eigenvalue weighted by molar-refractivity contribution is 7.18. The first-order chi connectivity index (χ1) is 12.7. The minimum absolute atomic E-state index is 0.0394. The number of nitrogens with zero attached hydrogens (tertiary/aromatic N) is 1. The van der Waals surface area contributed by atoms with Crippen LogP contribution in [-0.2, 0) is 22.2 Å². The minimum Gasteiger partial charge on any atom is -0.480 e. The SMILES string of the molecule is O=C(O)CNC(=O)Cc1nc2cc(-c3ccc(C(F)(F)F)cc3)ccc2s1. The van der Waals surface area contributed by atoms with E-state index in [1.54, 1.807) is 18.2 Å². The molecular formula is C18H13F3N2O3S. The second-order valence-electron chi connectivity index (χ2n) is 5.71. The third kappa shape index (κ3) is 4.62. The average molecular weight is 394 g/mol. The maximum absolute atomic E-state index is 12.7. The molecule has 1 amide bonds. The zero-order valence-corrected chi connectivity index (χ0v) is 14.5. The molecule has 0 aliphatic carbocycles. The number of thiazole rings is 1. The number of alkyl halides is 3. The van der Waals surface area contributed by atoms with Crippen LogP contribution < -0.4 is 5.32 Å². The predicted molar refractivity (Wildman–Crippen MR) is 94.4 cm³/mol. The van der Waals surface area contributed by atoms with E-state index in [1.165, 1.54) is 23.5 Å². The molecule has 0 saturated carbocycles. The molecule has 2 N–H and O–H groups in total. The molecule has 0 bridgehead atoms. The Bertz CT molecular complexity index is 997. The Labute approximate surface area is 155 Å². The standard InChI is InChI=1S/C18H13F3N2O3S/c19-18(20,21)12-4-1-10(2-5-12)11-3-6-14-13(7-11)23-16(27-14)8-15(24)22-9-17(25)26/h1-7H,8-9H2,(H,22,24)(H,25,26). The van der Waals surface area contributed by atoms with E-state index in [1.807, 2.05) is 0 Å². The topological polar surface area (TPSA) is 79.3 Å². The molecule has 0 fully saturated rings. The monoisotopic (exact) mass is 394 g/mol. The molecule has 0 aliphatic rings. The van der Waals surface area contributed by atoms with Crippen LogP contribution in [-0.4, -0.2) is 28.5 Å². The Morgan fingerprint density at radius 3 is 2.37 bits per heavy atom. The van der Waals surface area contributed by atoms with Gasteiger partial charge in [-0.05, 0) is 35.4 Å². The lowest BCUT2D eigenvalue weighted by Crippen LogP contribution is -2.30. The molecule has 3 aromatic rings. The van der Waals surface area contributed by atoms with Gasteiger partial charge in [-0.15, -0.1) is 11.3 Å². The zero-order chi connectivity index (χ0) is 19.6. The van der Waals surface area contributed by atoms with Crippen molar-refractivity contribution in [2.45, 2.75) is 12.6 Å². The number of carbonyl (C=O) groups excluding carboxylic acids is 1. The van der Waals surface area contributed by atoms with Crippen molar-refractivity contribution in [1.29, 1.82) is 0 Å². The summed E-state index contributed by atoms with van der Waals surface area (Å²) in [6.07, 6.45) is -4.42. The summed E-state index contributed by atoms with van der Waals surface area (Å²) in [5, 5.41) is 11.3. The van der Waals surface area contributed by atoms with Gasteiger partial charge in [0.1, 0.15) is 11.6 Å². The smallest absolute Gasteiger partial charge is 0.416 e. The fraction of sp³-hybridized carbons (Fsp3) is 0.167. The second-order valence-corrected chi connectivity index (χ2v) is 6.83. The summed E-state index contributed by atoms with van der Waals surface area (Å²) in [5.74, 6) is -1.58. The number of amides is 1. The van der Waals surface area contributed by atoms with Crippen LogP contribution >= 0.6 is 11.3 Å². The van der Waals surface area contributed by atoms with E-state index in [0.29, 0.717) is 21.7 Å². The summed E-state index contributed by atoms with van der Waals surface area (Å²) in [6.45, 7) is -0.457. The number of nitrogens with one attached hydrogen (secondary N) is 1. The van der Waals surface area contributed by atoms with Gasteiger partial charge in [-0.2, -0.15) is 13.2 Å². The van der Waals surface area contributed by atoms with Crippen molar-refractivity contribution in [1.82, 2.24) is 10.3 Å². The molecule has 1 aromatic heterocycles. The molecule has 0 atom stereocenters. The van der Waals surface area contributed by atoms with Gasteiger partial charge in [-0.1, -0.05) is 18.2 Å². The van der Waals surface area contributed by atoms with E-state index in [2.05, 4.69) is 10.3 Å². The molecule has 9 heteroatoms. The number of benzene rings is 2. The highest BCUT2D eigenvalue weighted by Gasteiger charge is 2.29. The first-order valence-electron chi connectivity index (χ1n) is 7.78. The van der Waals surface area contributed by atoms with Crippen molar-refractivity contribution >= 4 is 33.4 Å². The normalized spacial score (nSPS) is 11.5. The van der Waals surface area contributed by atoms with Gasteiger partial charge < -0.3 is 10.4 Å². The summed E-state index contributed by atoms with van der Waals surface area (Å²) in [4.78, 5) is 26.5. The third-order valence-electron chi connectivity index (χ3n) is 3.73. The molecule has 27 heavy (non-hydrogen) atoms. The van der Waals surface area contributed by atoms with Crippen LogP contribution in [0, 0.1) is 0 Å². The van der Waals surface area contributed by atoms with Gasteiger partial charge in [0.25, 0.3) is 0 Å². The van der Waals surface area contributed by atoms with Crippen LogP contribution in [0.3, 0.4) is 0 Å². The number of carboxylic acid groups (broad SMARTS) is 1. The Kier molecular flexibility index (Phi) is 5.13. The van der Waals surface area contributed by atoms with Crippen molar-refractivity contribution < 1.29 is 27.9 Å². The molecule has 0 saturated heterocycles. The van der Waals surface area contributed by atoms with Crippen LogP contribution in [0.4, 0.5) is 13.2 Å². The molecule has 140 valence electrons. The number of hydrogen-bond donors (Lipinski definition) is 2. The minimum atomic E-state index is -4.38. The molecule has 0 unspecified atom stereocenters. The van der Waals surface area contributed by atoms with Crippen molar-refractivity contribution in [2.75, 3.05) is 6.54 Å². The Morgan fingerprint density at radius 2 is 1.74 bits per heavy atom. The number of carbonyl (C=O) groups is 2. The summed E-state index contributed by atoms with van der Waals surface area (Å²) >= 11 is 1.30. The molecule has 3 rings (SSSR count). The predicted octanol–water partition coefficient (Wildman–Crippen LogP) is 3.73. The van der Waals surface area contributed by atoms with Crippen LogP contribution in [0.2, 0.25) is 0 Å². The van der Waals surface area contributed by atoms with Crippen LogP contribution in [0.25, 0.3) is 21.3 Å². The van der Waals surface area contributed by atoms with E-state index in [0.717, 1.165) is 16.8 Å². The Morgan fingerprint density at radius 1 is 1.07 bits per heavy atom. The fourth-order valence-corrected chi connectivity index (χ4v) is 3.40. The number of hydrogen-bond acceptors (Lipinski definition) is 4. The van der Waals surface area contributed by atoms with Gasteiger partial charge >= 0.3 is 12.1 Å². The molecule has 0 spiro atoms. The molecule has 1 heterocycles. The Hall–Kier alpha value is -2.94.